The van der Waals surface area contributed by atoms with Gasteiger partial charge < -0.3 is 0 Å². The molecule has 1 aromatic carbocycles. The van der Waals surface area contributed by atoms with Gasteiger partial charge in [0.2, 0.25) is 10.0 Å². The quantitative estimate of drug-likeness (QED) is 0.771. The standard InChI is InChI=1S/C11H15Br2NO2S2/c1-8(7-17-2)6-14-18(15,16)11-5-9(12)3-4-10(11)13/h3-5,8,14H,6-7H2,1-2H3. The van der Waals surface area contributed by atoms with Crippen LogP contribution in [0.15, 0.2) is 32.0 Å². The molecule has 0 bridgehead atoms. The predicted molar refractivity (Wildman–Crippen MR) is 84.6 cm³/mol. The fraction of sp³-hybridized carbons (Fsp3) is 0.455. The number of hydrogen-bond donors (Lipinski definition) is 1. The highest BCUT2D eigenvalue weighted by Crippen LogP contribution is 2.25. The maximum absolute atomic E-state index is 12.1. The van der Waals surface area contributed by atoms with Gasteiger partial charge in [-0.1, -0.05) is 22.9 Å². The minimum absolute atomic E-state index is 0.258. The van der Waals surface area contributed by atoms with E-state index in [1.807, 2.05) is 13.2 Å². The first-order valence-electron chi connectivity index (χ1n) is 5.30. The van der Waals surface area contributed by atoms with Gasteiger partial charge in [0.05, 0.1) is 4.90 Å². The third-order valence-electron chi connectivity index (χ3n) is 2.26. The lowest BCUT2D eigenvalue weighted by Gasteiger charge is -2.12. The Morgan fingerprint density at radius 3 is 2.67 bits per heavy atom. The number of sulfonamides is 1. The molecule has 1 aromatic rings. The van der Waals surface area contributed by atoms with Gasteiger partial charge in [-0.05, 0) is 52.1 Å². The van der Waals surface area contributed by atoms with Crippen LogP contribution in [-0.2, 0) is 10.0 Å². The van der Waals surface area contributed by atoms with Gasteiger partial charge in [-0.25, -0.2) is 13.1 Å². The molecule has 0 saturated carbocycles. The number of thioether (sulfide) groups is 1. The maximum atomic E-state index is 12.1. The number of rotatable bonds is 6. The van der Waals surface area contributed by atoms with Gasteiger partial charge in [-0.2, -0.15) is 11.8 Å². The van der Waals surface area contributed by atoms with Crippen LogP contribution >= 0.6 is 43.6 Å². The Hall–Kier alpha value is 0.440. The third kappa shape index (κ3) is 4.85. The van der Waals surface area contributed by atoms with Gasteiger partial charge in [0.15, 0.2) is 0 Å². The van der Waals surface area contributed by atoms with E-state index in [2.05, 4.69) is 36.6 Å². The van der Waals surface area contributed by atoms with Crippen LogP contribution in [0.2, 0.25) is 0 Å². The molecule has 0 saturated heterocycles. The molecule has 0 aliphatic heterocycles. The molecule has 0 amide bonds. The summed E-state index contributed by atoms with van der Waals surface area (Å²) in [6, 6.07) is 5.09. The highest BCUT2D eigenvalue weighted by Gasteiger charge is 2.18. The monoisotopic (exact) mass is 415 g/mol. The number of nitrogens with one attached hydrogen (secondary N) is 1. The van der Waals surface area contributed by atoms with Crippen molar-refractivity contribution in [3.05, 3.63) is 27.1 Å². The number of hydrogen-bond acceptors (Lipinski definition) is 3. The molecule has 1 atom stereocenters. The summed E-state index contributed by atoms with van der Waals surface area (Å²) < 4.78 is 28.2. The van der Waals surface area contributed by atoms with Gasteiger partial charge in [-0.15, -0.1) is 0 Å². The van der Waals surface area contributed by atoms with Crippen LogP contribution in [0.3, 0.4) is 0 Å². The first-order chi connectivity index (χ1) is 8.36. The van der Waals surface area contributed by atoms with E-state index in [1.54, 1.807) is 30.0 Å². The molecule has 1 unspecified atom stereocenters. The summed E-state index contributed by atoms with van der Waals surface area (Å²) in [6.45, 7) is 2.47. The Bertz CT molecular complexity index is 506. The summed E-state index contributed by atoms with van der Waals surface area (Å²) >= 11 is 8.25. The highest BCUT2D eigenvalue weighted by atomic mass is 79.9. The maximum Gasteiger partial charge on any atom is 0.241 e. The molecule has 0 aliphatic rings. The van der Waals surface area contributed by atoms with E-state index in [4.69, 9.17) is 0 Å². The molecule has 0 aliphatic carbocycles. The summed E-state index contributed by atoms with van der Waals surface area (Å²) in [5, 5.41) is 0. The second kappa shape index (κ2) is 7.28. The van der Waals surface area contributed by atoms with E-state index >= 15 is 0 Å². The zero-order chi connectivity index (χ0) is 13.8. The first kappa shape index (κ1) is 16.5. The Balaban J connectivity index is 2.83. The molecular weight excluding hydrogens is 402 g/mol. The summed E-state index contributed by atoms with van der Waals surface area (Å²) in [5.74, 6) is 1.24. The Labute approximate surface area is 129 Å². The molecule has 18 heavy (non-hydrogen) atoms. The Morgan fingerprint density at radius 1 is 1.39 bits per heavy atom. The summed E-state index contributed by atoms with van der Waals surface area (Å²) in [5.41, 5.74) is 0. The van der Waals surface area contributed by atoms with Gasteiger partial charge in [0.1, 0.15) is 0 Å². The SMILES string of the molecule is CSCC(C)CNS(=O)(=O)c1cc(Br)ccc1Br. The van der Waals surface area contributed by atoms with Crippen molar-refractivity contribution < 1.29 is 8.42 Å². The van der Waals surface area contributed by atoms with Crippen molar-refractivity contribution in [1.29, 1.82) is 0 Å². The molecule has 7 heteroatoms. The number of benzene rings is 1. The van der Waals surface area contributed by atoms with Crippen molar-refractivity contribution in [1.82, 2.24) is 4.72 Å². The van der Waals surface area contributed by atoms with Gasteiger partial charge in [0, 0.05) is 15.5 Å². The predicted octanol–water partition coefficient (Wildman–Crippen LogP) is 3.49. The summed E-state index contributed by atoms with van der Waals surface area (Å²) in [7, 11) is -3.46. The second-order valence-electron chi connectivity index (χ2n) is 3.99. The van der Waals surface area contributed by atoms with E-state index in [-0.39, 0.29) is 4.90 Å². The van der Waals surface area contributed by atoms with E-state index in [0.29, 0.717) is 16.9 Å². The van der Waals surface area contributed by atoms with Crippen molar-refractivity contribution in [3.63, 3.8) is 0 Å². The van der Waals surface area contributed by atoms with Crippen LogP contribution in [0.4, 0.5) is 0 Å². The second-order valence-corrected chi connectivity index (χ2v) is 8.40. The average molecular weight is 417 g/mol. The fourth-order valence-corrected chi connectivity index (χ4v) is 4.71. The van der Waals surface area contributed by atoms with Crippen molar-refractivity contribution in [3.8, 4) is 0 Å². The lowest BCUT2D eigenvalue weighted by molar-refractivity contribution is 0.562. The smallest absolute Gasteiger partial charge is 0.211 e. The van der Waals surface area contributed by atoms with Gasteiger partial charge in [0.25, 0.3) is 0 Å². The first-order valence-corrected chi connectivity index (χ1v) is 9.76. The minimum Gasteiger partial charge on any atom is -0.211 e. The molecule has 102 valence electrons. The van der Waals surface area contributed by atoms with Crippen molar-refractivity contribution in [2.24, 2.45) is 5.92 Å². The third-order valence-corrected chi connectivity index (χ3v) is 6.07. The van der Waals surface area contributed by atoms with Crippen LogP contribution in [0.25, 0.3) is 0 Å². The van der Waals surface area contributed by atoms with Gasteiger partial charge in [-0.3, -0.25) is 0 Å². The molecule has 0 aromatic heterocycles. The van der Waals surface area contributed by atoms with Gasteiger partial charge >= 0.3 is 0 Å². The fourth-order valence-electron chi connectivity index (χ4n) is 1.36. The molecule has 0 fully saturated rings. The lowest BCUT2D eigenvalue weighted by atomic mass is 10.2. The largest absolute Gasteiger partial charge is 0.241 e. The van der Waals surface area contributed by atoms with Crippen LogP contribution < -0.4 is 4.72 Å². The zero-order valence-corrected chi connectivity index (χ0v) is 14.9. The van der Waals surface area contributed by atoms with Crippen LogP contribution in [0.1, 0.15) is 6.92 Å². The zero-order valence-electron chi connectivity index (χ0n) is 10.1. The van der Waals surface area contributed by atoms with E-state index in [9.17, 15) is 8.42 Å². The molecule has 0 radical (unpaired) electrons. The van der Waals surface area contributed by atoms with Crippen molar-refractivity contribution >= 4 is 53.6 Å². The molecule has 3 nitrogen and oxygen atoms in total. The van der Waals surface area contributed by atoms with Crippen LogP contribution in [-0.4, -0.2) is 27.0 Å². The van der Waals surface area contributed by atoms with E-state index < -0.39 is 10.0 Å². The molecule has 0 heterocycles. The number of halogens is 2. The summed E-state index contributed by atoms with van der Waals surface area (Å²) in [6.07, 6.45) is 2.01. The normalized spacial score (nSPS) is 13.6. The van der Waals surface area contributed by atoms with Crippen LogP contribution in [0.5, 0.6) is 0 Å². The average Bonchev–Trinajstić information content (AvgIpc) is 2.30. The van der Waals surface area contributed by atoms with Crippen molar-refractivity contribution in [2.75, 3.05) is 18.6 Å². The summed E-state index contributed by atoms with van der Waals surface area (Å²) in [4.78, 5) is 0.258. The van der Waals surface area contributed by atoms with E-state index in [0.717, 1.165) is 10.2 Å². The molecular formula is C11H15Br2NO2S2. The Kier molecular flexibility index (Phi) is 6.67. The molecule has 1 N–H and O–H groups in total. The van der Waals surface area contributed by atoms with E-state index in [1.165, 1.54) is 0 Å². The molecule has 0 spiro atoms. The Morgan fingerprint density at radius 2 is 2.06 bits per heavy atom. The topological polar surface area (TPSA) is 46.2 Å². The molecule has 1 rings (SSSR count). The highest BCUT2D eigenvalue weighted by molar-refractivity contribution is 9.11. The van der Waals surface area contributed by atoms with Crippen molar-refractivity contribution in [2.45, 2.75) is 11.8 Å². The van der Waals surface area contributed by atoms with Crippen LogP contribution in [0, 0.1) is 5.92 Å². The minimum atomic E-state index is -3.46. The lowest BCUT2D eigenvalue weighted by Crippen LogP contribution is -2.29.